The highest BCUT2D eigenvalue weighted by atomic mass is 32.1. The smallest absolute Gasteiger partial charge is 0.0901 e. The topological polar surface area (TPSA) is 68.9 Å². The second-order valence-corrected chi connectivity index (χ2v) is 15.1. The SMILES string of the molecule is C1CCCN(C2CCNCC2)CC1.COC(C)(C)C.Cc1nc(-c2ccc3c(c2)C(C)(C)CCC3(C)C)cs1.O. The van der Waals surface area contributed by atoms with Crippen molar-refractivity contribution in [2.75, 3.05) is 33.3 Å². The summed E-state index contributed by atoms with van der Waals surface area (Å²) < 4.78 is 4.94. The van der Waals surface area contributed by atoms with Crippen molar-refractivity contribution in [3.05, 3.63) is 39.7 Å². The van der Waals surface area contributed by atoms with Crippen molar-refractivity contribution in [2.24, 2.45) is 0 Å². The second kappa shape index (κ2) is 15.2. The molecule has 0 atom stereocenters. The third kappa shape index (κ3) is 10.2. The van der Waals surface area contributed by atoms with Crippen LogP contribution in [0.4, 0.5) is 0 Å². The molecule has 2 fully saturated rings. The largest absolute Gasteiger partial charge is 0.412 e. The lowest BCUT2D eigenvalue weighted by Crippen LogP contribution is -2.43. The first-order chi connectivity index (χ1) is 18.3. The number of nitrogens with one attached hydrogen (secondary N) is 1. The Kier molecular flexibility index (Phi) is 13.3. The van der Waals surface area contributed by atoms with Gasteiger partial charge in [0.05, 0.1) is 16.3 Å². The van der Waals surface area contributed by atoms with E-state index in [-0.39, 0.29) is 16.5 Å². The molecule has 1 aromatic heterocycles. The van der Waals surface area contributed by atoms with Gasteiger partial charge in [0.15, 0.2) is 0 Å². The monoisotopic (exact) mass is 573 g/mol. The minimum absolute atomic E-state index is 0. The highest BCUT2D eigenvalue weighted by Crippen LogP contribution is 2.46. The molecule has 0 amide bonds. The molecular weight excluding hydrogens is 514 g/mol. The summed E-state index contributed by atoms with van der Waals surface area (Å²) in [4.78, 5) is 7.38. The number of hydrogen-bond acceptors (Lipinski definition) is 5. The molecule has 40 heavy (non-hydrogen) atoms. The number of fused-ring (bicyclic) bond motifs is 1. The Morgan fingerprint density at radius 2 is 1.48 bits per heavy atom. The number of benzene rings is 1. The molecule has 3 aliphatic rings. The first-order valence-corrected chi connectivity index (χ1v) is 16.3. The zero-order valence-corrected chi connectivity index (χ0v) is 27.9. The number of rotatable bonds is 2. The fraction of sp³-hybridized carbons (Fsp3) is 0.735. The summed E-state index contributed by atoms with van der Waals surface area (Å²) in [5.74, 6) is 0. The Morgan fingerprint density at radius 1 is 0.925 bits per heavy atom. The molecule has 3 N–H and O–H groups in total. The maximum absolute atomic E-state index is 4.94. The van der Waals surface area contributed by atoms with Gasteiger partial charge in [-0.15, -0.1) is 11.3 Å². The van der Waals surface area contributed by atoms with Gasteiger partial charge in [-0.05, 0) is 120 Å². The first-order valence-electron chi connectivity index (χ1n) is 15.4. The van der Waals surface area contributed by atoms with Crippen LogP contribution in [-0.4, -0.2) is 60.3 Å². The van der Waals surface area contributed by atoms with Gasteiger partial charge in [0, 0.05) is 24.1 Å². The number of piperidine rings is 1. The van der Waals surface area contributed by atoms with Gasteiger partial charge in [0.25, 0.3) is 0 Å². The molecule has 228 valence electrons. The summed E-state index contributed by atoms with van der Waals surface area (Å²) in [5.41, 5.74) is 6.02. The average molecular weight is 574 g/mol. The molecule has 5 nitrogen and oxygen atoms in total. The van der Waals surface area contributed by atoms with Gasteiger partial charge in [-0.3, -0.25) is 0 Å². The maximum atomic E-state index is 4.94. The fourth-order valence-electron chi connectivity index (χ4n) is 5.88. The van der Waals surface area contributed by atoms with E-state index in [2.05, 4.69) is 73.4 Å². The van der Waals surface area contributed by atoms with Crippen LogP contribution in [0, 0.1) is 6.92 Å². The predicted octanol–water partition coefficient (Wildman–Crippen LogP) is 7.69. The molecule has 2 aromatic rings. The Labute approximate surface area is 249 Å². The highest BCUT2D eigenvalue weighted by Gasteiger charge is 2.37. The van der Waals surface area contributed by atoms with E-state index in [9.17, 15) is 0 Å². The summed E-state index contributed by atoms with van der Waals surface area (Å²) >= 11 is 1.73. The van der Waals surface area contributed by atoms with Crippen molar-refractivity contribution in [1.29, 1.82) is 0 Å². The van der Waals surface area contributed by atoms with E-state index in [1.54, 1.807) is 18.4 Å². The predicted molar refractivity (Wildman–Crippen MR) is 174 cm³/mol. The van der Waals surface area contributed by atoms with Crippen LogP contribution in [0.5, 0.6) is 0 Å². The van der Waals surface area contributed by atoms with Gasteiger partial charge < -0.3 is 20.4 Å². The molecule has 2 saturated heterocycles. The molecule has 0 spiro atoms. The molecule has 0 saturated carbocycles. The van der Waals surface area contributed by atoms with E-state index < -0.39 is 0 Å². The highest BCUT2D eigenvalue weighted by molar-refractivity contribution is 7.09. The summed E-state index contributed by atoms with van der Waals surface area (Å²) in [7, 11) is 1.71. The second-order valence-electron chi connectivity index (χ2n) is 14.0. The molecule has 5 rings (SSSR count). The molecular formula is C34H59N3O2S. The minimum atomic E-state index is 0. The number of aromatic nitrogens is 1. The fourth-order valence-corrected chi connectivity index (χ4v) is 6.50. The lowest BCUT2D eigenvalue weighted by molar-refractivity contribution is 0.0397. The summed E-state index contributed by atoms with van der Waals surface area (Å²) in [6, 6.07) is 7.86. The van der Waals surface area contributed by atoms with Crippen molar-refractivity contribution in [3.63, 3.8) is 0 Å². The molecule has 0 unspecified atom stereocenters. The third-order valence-electron chi connectivity index (χ3n) is 8.85. The van der Waals surface area contributed by atoms with Crippen LogP contribution in [0.1, 0.15) is 116 Å². The minimum Gasteiger partial charge on any atom is -0.412 e. The number of aryl methyl sites for hydroxylation is 1. The van der Waals surface area contributed by atoms with Crippen molar-refractivity contribution < 1.29 is 10.2 Å². The van der Waals surface area contributed by atoms with Crippen LogP contribution in [0.2, 0.25) is 0 Å². The van der Waals surface area contributed by atoms with E-state index in [0.29, 0.717) is 5.41 Å². The summed E-state index contributed by atoms with van der Waals surface area (Å²) in [6.45, 7) is 22.8. The van der Waals surface area contributed by atoms with Crippen LogP contribution < -0.4 is 5.32 Å². The third-order valence-corrected chi connectivity index (χ3v) is 9.62. The molecule has 0 radical (unpaired) electrons. The number of nitrogens with zero attached hydrogens (tertiary/aromatic N) is 2. The molecule has 3 heterocycles. The maximum Gasteiger partial charge on any atom is 0.0901 e. The van der Waals surface area contributed by atoms with Crippen LogP contribution in [0.25, 0.3) is 11.3 Å². The van der Waals surface area contributed by atoms with E-state index in [4.69, 9.17) is 4.74 Å². The number of likely N-dealkylation sites (tertiary alicyclic amines) is 1. The summed E-state index contributed by atoms with van der Waals surface area (Å²) in [5, 5.41) is 6.74. The van der Waals surface area contributed by atoms with Crippen LogP contribution in [-0.2, 0) is 15.6 Å². The van der Waals surface area contributed by atoms with Crippen molar-refractivity contribution >= 4 is 11.3 Å². The lowest BCUT2D eigenvalue weighted by Gasteiger charge is -2.42. The Hall–Kier alpha value is -1.31. The number of methoxy groups -OCH3 is 1. The zero-order chi connectivity index (χ0) is 28.7. The van der Waals surface area contributed by atoms with Crippen molar-refractivity contribution in [1.82, 2.24) is 15.2 Å². The standard InChI is InChI=1S/C18H23NS.C11H22N2.C5H12O.H2O/c1-12-19-16(11-20-12)13-6-7-14-15(10-13)18(4,5)9-8-17(14,2)3;1-2-4-10-13(9-3-1)11-5-7-12-8-6-11;1-5(2,3)6-4;/h6-7,10-11H,8-9H2,1-5H3;11-12H,1-10H2;1-4H3;1H2. The Morgan fingerprint density at radius 3 is 1.98 bits per heavy atom. The van der Waals surface area contributed by atoms with Crippen molar-refractivity contribution in [2.45, 2.75) is 129 Å². The Balaban J connectivity index is 0.000000241. The molecule has 0 bridgehead atoms. The van der Waals surface area contributed by atoms with Gasteiger partial charge in [0.1, 0.15) is 0 Å². The Bertz CT molecular complexity index is 1010. The van der Waals surface area contributed by atoms with Gasteiger partial charge in [0.2, 0.25) is 0 Å². The van der Waals surface area contributed by atoms with Gasteiger partial charge in [-0.25, -0.2) is 4.98 Å². The molecule has 1 aromatic carbocycles. The van der Waals surface area contributed by atoms with E-state index >= 15 is 0 Å². The normalized spacial score (nSPS) is 20.9. The zero-order valence-electron chi connectivity index (χ0n) is 27.1. The number of ether oxygens (including phenoxy) is 1. The van der Waals surface area contributed by atoms with Crippen LogP contribution in [0.15, 0.2) is 23.6 Å². The number of hydrogen-bond donors (Lipinski definition) is 1. The lowest BCUT2D eigenvalue weighted by atomic mass is 9.63. The number of thiazole rings is 1. The van der Waals surface area contributed by atoms with E-state index in [1.165, 1.54) is 94.2 Å². The first kappa shape index (κ1) is 34.9. The van der Waals surface area contributed by atoms with Gasteiger partial charge in [-0.2, -0.15) is 0 Å². The summed E-state index contributed by atoms with van der Waals surface area (Å²) in [6.07, 6.45) is 11.1. The average Bonchev–Trinajstić information content (AvgIpc) is 3.16. The van der Waals surface area contributed by atoms with E-state index in [0.717, 1.165) is 16.7 Å². The molecule has 6 heteroatoms. The molecule has 2 aliphatic heterocycles. The molecule has 1 aliphatic carbocycles. The van der Waals surface area contributed by atoms with Gasteiger partial charge in [-0.1, -0.05) is 52.7 Å². The quantitative estimate of drug-likeness (QED) is 0.400. The van der Waals surface area contributed by atoms with Crippen LogP contribution in [0.3, 0.4) is 0 Å². The van der Waals surface area contributed by atoms with E-state index in [1.807, 2.05) is 20.8 Å². The van der Waals surface area contributed by atoms with Gasteiger partial charge >= 0.3 is 0 Å². The van der Waals surface area contributed by atoms with Crippen LogP contribution >= 0.6 is 11.3 Å². The van der Waals surface area contributed by atoms with Crippen molar-refractivity contribution in [3.8, 4) is 11.3 Å².